The molecule has 0 N–H and O–H groups in total. The standard InChI is InChI=1S/C3H7ClO2P/c4-2-1-3-6-7-5/h7H,1-3H2/q+1. The lowest BCUT2D eigenvalue weighted by atomic mass is 10.5. The topological polar surface area (TPSA) is 26.3 Å². The minimum Gasteiger partial charge on any atom is -0.148 e. The summed E-state index contributed by atoms with van der Waals surface area (Å²) in [6, 6.07) is 0. The van der Waals surface area contributed by atoms with Crippen LogP contribution in [-0.2, 0) is 9.09 Å². The van der Waals surface area contributed by atoms with Crippen molar-refractivity contribution in [3.8, 4) is 0 Å². The quantitative estimate of drug-likeness (QED) is 0.338. The van der Waals surface area contributed by atoms with Crippen LogP contribution in [0.3, 0.4) is 0 Å². The van der Waals surface area contributed by atoms with E-state index in [2.05, 4.69) is 4.52 Å². The fourth-order valence-electron chi connectivity index (χ4n) is 0.168. The number of hydrogen-bond donors (Lipinski definition) is 0. The molecule has 0 aromatic heterocycles. The molecule has 0 aromatic carbocycles. The van der Waals surface area contributed by atoms with Crippen molar-refractivity contribution in [2.75, 3.05) is 12.5 Å². The van der Waals surface area contributed by atoms with Crippen LogP contribution < -0.4 is 0 Å². The molecule has 0 saturated heterocycles. The second kappa shape index (κ2) is 6.35. The van der Waals surface area contributed by atoms with Gasteiger partial charge in [0.1, 0.15) is 6.61 Å². The Kier molecular flexibility index (Phi) is 6.67. The van der Waals surface area contributed by atoms with E-state index < -0.39 is 8.69 Å². The first-order valence-electron chi connectivity index (χ1n) is 1.96. The maximum atomic E-state index is 9.57. The van der Waals surface area contributed by atoms with E-state index in [-0.39, 0.29) is 0 Å². The van der Waals surface area contributed by atoms with Crippen molar-refractivity contribution in [2.24, 2.45) is 0 Å². The highest BCUT2D eigenvalue weighted by Gasteiger charge is 1.87. The number of rotatable bonds is 4. The third kappa shape index (κ3) is 6.35. The molecule has 0 heterocycles. The molecule has 0 aliphatic carbocycles. The van der Waals surface area contributed by atoms with Crippen molar-refractivity contribution in [3.05, 3.63) is 0 Å². The Labute approximate surface area is 49.1 Å². The van der Waals surface area contributed by atoms with Gasteiger partial charge in [0.2, 0.25) is 0 Å². The summed E-state index contributed by atoms with van der Waals surface area (Å²) < 4.78 is 14.0. The Hall–Kier alpha value is 0.350. The van der Waals surface area contributed by atoms with Gasteiger partial charge in [-0.1, -0.05) is 0 Å². The molecule has 0 fully saturated rings. The molecule has 0 amide bonds. The molecule has 0 rings (SSSR count). The first-order chi connectivity index (χ1) is 3.41. The summed E-state index contributed by atoms with van der Waals surface area (Å²) in [5, 5.41) is 0. The van der Waals surface area contributed by atoms with Crippen LogP contribution in [0.5, 0.6) is 0 Å². The number of alkyl halides is 1. The molecular formula is C3H7ClO2P+. The van der Waals surface area contributed by atoms with Crippen molar-refractivity contribution in [1.82, 2.24) is 0 Å². The van der Waals surface area contributed by atoms with Crippen LogP contribution in [0.1, 0.15) is 6.42 Å². The smallest absolute Gasteiger partial charge is 0.148 e. The van der Waals surface area contributed by atoms with Crippen molar-refractivity contribution in [1.29, 1.82) is 0 Å². The van der Waals surface area contributed by atoms with Crippen LogP contribution in [0.4, 0.5) is 0 Å². The van der Waals surface area contributed by atoms with E-state index in [4.69, 9.17) is 11.6 Å². The Balaban J connectivity index is 2.56. The largest absolute Gasteiger partial charge is 0.494 e. The van der Waals surface area contributed by atoms with E-state index in [1.54, 1.807) is 0 Å². The van der Waals surface area contributed by atoms with Crippen molar-refractivity contribution < 1.29 is 9.09 Å². The van der Waals surface area contributed by atoms with Gasteiger partial charge in [-0.3, -0.25) is 0 Å². The van der Waals surface area contributed by atoms with Crippen LogP contribution in [-0.4, -0.2) is 12.5 Å². The summed E-state index contributed by atoms with van der Waals surface area (Å²) in [6.45, 7) is 0.505. The van der Waals surface area contributed by atoms with Crippen LogP contribution in [0.2, 0.25) is 0 Å². The zero-order valence-electron chi connectivity index (χ0n) is 3.82. The second-order valence-corrected chi connectivity index (χ2v) is 1.81. The fourth-order valence-corrected chi connectivity index (χ4v) is 0.505. The Morgan fingerprint density at radius 1 is 1.71 bits per heavy atom. The molecule has 0 bridgehead atoms. The maximum absolute atomic E-state index is 9.57. The van der Waals surface area contributed by atoms with Crippen LogP contribution >= 0.6 is 20.3 Å². The van der Waals surface area contributed by atoms with Gasteiger partial charge in [-0.15, -0.1) is 16.1 Å². The lowest BCUT2D eigenvalue weighted by Crippen LogP contribution is -1.82. The van der Waals surface area contributed by atoms with Crippen LogP contribution in [0, 0.1) is 0 Å². The molecule has 4 heteroatoms. The van der Waals surface area contributed by atoms with Crippen LogP contribution in [0.25, 0.3) is 0 Å². The molecule has 0 spiro atoms. The molecular weight excluding hydrogens is 134 g/mol. The van der Waals surface area contributed by atoms with E-state index >= 15 is 0 Å². The van der Waals surface area contributed by atoms with Gasteiger partial charge in [0.15, 0.2) is 0 Å². The predicted molar refractivity (Wildman–Crippen MR) is 30.3 cm³/mol. The Morgan fingerprint density at radius 2 is 2.43 bits per heavy atom. The normalized spacial score (nSPS) is 9.86. The van der Waals surface area contributed by atoms with Gasteiger partial charge in [0, 0.05) is 5.88 Å². The van der Waals surface area contributed by atoms with E-state index in [0.29, 0.717) is 12.5 Å². The van der Waals surface area contributed by atoms with E-state index in [1.165, 1.54) is 0 Å². The highest BCUT2D eigenvalue weighted by molar-refractivity contribution is 7.17. The van der Waals surface area contributed by atoms with Gasteiger partial charge in [-0.05, 0) is 11.0 Å². The molecule has 7 heavy (non-hydrogen) atoms. The number of hydrogen-bond acceptors (Lipinski definition) is 2. The molecule has 1 unspecified atom stereocenters. The summed E-state index contributed by atoms with van der Waals surface area (Å²) >= 11 is 5.26. The highest BCUT2D eigenvalue weighted by Crippen LogP contribution is 1.95. The molecule has 0 aliphatic heterocycles. The average molecular weight is 142 g/mol. The lowest BCUT2D eigenvalue weighted by Gasteiger charge is -1.80. The minimum absolute atomic E-state index is 0.505. The maximum Gasteiger partial charge on any atom is 0.494 e. The Morgan fingerprint density at radius 3 is 2.86 bits per heavy atom. The van der Waals surface area contributed by atoms with E-state index in [0.717, 1.165) is 6.42 Å². The third-order valence-corrected chi connectivity index (χ3v) is 1.03. The molecule has 42 valence electrons. The molecule has 2 nitrogen and oxygen atoms in total. The summed E-state index contributed by atoms with van der Waals surface area (Å²) in [5.41, 5.74) is 0. The zero-order chi connectivity index (χ0) is 5.54. The van der Waals surface area contributed by atoms with Crippen LogP contribution in [0.15, 0.2) is 0 Å². The van der Waals surface area contributed by atoms with Gasteiger partial charge in [0.05, 0.1) is 0 Å². The summed E-state index contributed by atoms with van der Waals surface area (Å²) in [7, 11) is -0.641. The monoisotopic (exact) mass is 141 g/mol. The van der Waals surface area contributed by atoms with Gasteiger partial charge < -0.3 is 0 Å². The summed E-state index contributed by atoms with van der Waals surface area (Å²) in [4.78, 5) is 0. The van der Waals surface area contributed by atoms with Gasteiger partial charge in [-0.25, -0.2) is 0 Å². The molecule has 0 aliphatic rings. The predicted octanol–water partition coefficient (Wildman–Crippen LogP) is 1.57. The molecule has 0 aromatic rings. The van der Waals surface area contributed by atoms with E-state index in [9.17, 15) is 4.57 Å². The van der Waals surface area contributed by atoms with Gasteiger partial charge in [-0.2, -0.15) is 0 Å². The fraction of sp³-hybridized carbons (Fsp3) is 1.00. The lowest BCUT2D eigenvalue weighted by molar-refractivity contribution is 0.343. The molecule has 0 saturated carbocycles. The summed E-state index contributed by atoms with van der Waals surface area (Å²) in [5.74, 6) is 0.574. The third-order valence-electron chi connectivity index (χ3n) is 0.439. The SMILES string of the molecule is O=[PH+]OCCCCl. The zero-order valence-corrected chi connectivity index (χ0v) is 5.57. The first kappa shape index (κ1) is 7.35. The summed E-state index contributed by atoms with van der Waals surface area (Å²) in [6.07, 6.45) is 0.775. The van der Waals surface area contributed by atoms with Crippen molar-refractivity contribution in [3.63, 3.8) is 0 Å². The van der Waals surface area contributed by atoms with Gasteiger partial charge in [0.25, 0.3) is 0 Å². The average Bonchev–Trinajstić information content (AvgIpc) is 1.69. The molecule has 0 radical (unpaired) electrons. The highest BCUT2D eigenvalue weighted by atomic mass is 35.5. The van der Waals surface area contributed by atoms with Crippen molar-refractivity contribution >= 4 is 20.3 Å². The molecule has 1 atom stereocenters. The van der Waals surface area contributed by atoms with E-state index in [1.807, 2.05) is 0 Å². The second-order valence-electron chi connectivity index (χ2n) is 0.974. The first-order valence-corrected chi connectivity index (χ1v) is 3.32. The number of halogens is 1. The van der Waals surface area contributed by atoms with Crippen molar-refractivity contribution in [2.45, 2.75) is 6.42 Å². The van der Waals surface area contributed by atoms with Gasteiger partial charge >= 0.3 is 8.69 Å². The Bertz CT molecular complexity index is 50.2. The minimum atomic E-state index is -0.641.